The van der Waals surface area contributed by atoms with E-state index in [0.717, 1.165) is 47.7 Å². The molecule has 1 aliphatic heterocycles. The number of aliphatic hydroxyl groups excluding tert-OH is 1. The summed E-state index contributed by atoms with van der Waals surface area (Å²) in [7, 11) is 0. The molecular weight excluding hydrogens is 618 g/mol. The standard InChI is InChI=1S/C34H30F6O6/c35-33(36,37)32(34(38,39)40,24-5-9-26(41)10-6-24)25-7-15-30(16-8-25)44-19-27(42)18-43-28-11-1-22(2-12-28)17-23-3-13-29(14-4-23)45-20-31-21-46-31/h1-16,27,31,41-42H,17-21H2. The summed E-state index contributed by atoms with van der Waals surface area (Å²) in [6, 6.07) is 21.0. The summed E-state index contributed by atoms with van der Waals surface area (Å²) in [4.78, 5) is 0. The van der Waals surface area contributed by atoms with Gasteiger partial charge < -0.3 is 29.2 Å². The minimum atomic E-state index is -5.76. The topological polar surface area (TPSA) is 80.7 Å². The SMILES string of the molecule is Oc1ccc(C(c2ccc(OCC(O)COc3ccc(Cc4ccc(OCC5CO5)cc4)cc3)cc2)(C(F)(F)F)C(F)(F)F)cc1. The molecule has 1 saturated heterocycles. The van der Waals surface area contributed by atoms with Gasteiger partial charge in [-0.15, -0.1) is 0 Å². The molecule has 5 rings (SSSR count). The molecule has 2 N–H and O–H groups in total. The van der Waals surface area contributed by atoms with Gasteiger partial charge in [-0.3, -0.25) is 0 Å². The van der Waals surface area contributed by atoms with Crippen LogP contribution in [-0.4, -0.2) is 61.2 Å². The Morgan fingerprint density at radius 1 is 0.630 bits per heavy atom. The summed E-state index contributed by atoms with van der Waals surface area (Å²) in [6.07, 6.45) is -11.8. The van der Waals surface area contributed by atoms with Crippen LogP contribution in [0.1, 0.15) is 22.3 Å². The van der Waals surface area contributed by atoms with Gasteiger partial charge in [-0.1, -0.05) is 48.5 Å². The number of hydrogen-bond acceptors (Lipinski definition) is 6. The van der Waals surface area contributed by atoms with Gasteiger partial charge in [0, 0.05) is 0 Å². The molecule has 1 fully saturated rings. The van der Waals surface area contributed by atoms with Crippen molar-refractivity contribution in [2.75, 3.05) is 26.4 Å². The number of halogens is 6. The first-order valence-electron chi connectivity index (χ1n) is 14.2. The third kappa shape index (κ3) is 7.68. The quantitative estimate of drug-likeness (QED) is 0.120. The molecule has 0 radical (unpaired) electrons. The summed E-state index contributed by atoms with van der Waals surface area (Å²) >= 11 is 0. The van der Waals surface area contributed by atoms with Crippen LogP contribution < -0.4 is 14.2 Å². The Bertz CT molecular complexity index is 1540. The van der Waals surface area contributed by atoms with Gasteiger partial charge in [-0.2, -0.15) is 26.3 Å². The van der Waals surface area contributed by atoms with Crippen molar-refractivity contribution in [2.24, 2.45) is 0 Å². The lowest BCUT2D eigenvalue weighted by Crippen LogP contribution is -2.54. The molecule has 6 nitrogen and oxygen atoms in total. The summed E-state index contributed by atoms with van der Waals surface area (Å²) < 4.78 is 107. The zero-order valence-electron chi connectivity index (χ0n) is 24.2. The van der Waals surface area contributed by atoms with Gasteiger partial charge >= 0.3 is 12.4 Å². The maximum atomic E-state index is 14.2. The highest BCUT2D eigenvalue weighted by atomic mass is 19.4. The molecule has 0 bridgehead atoms. The van der Waals surface area contributed by atoms with Crippen LogP contribution in [0.3, 0.4) is 0 Å². The highest BCUT2D eigenvalue weighted by Crippen LogP contribution is 2.56. The van der Waals surface area contributed by atoms with E-state index in [9.17, 15) is 36.6 Å². The summed E-state index contributed by atoms with van der Waals surface area (Å²) in [5, 5.41) is 19.7. The van der Waals surface area contributed by atoms with E-state index in [4.69, 9.17) is 18.9 Å². The van der Waals surface area contributed by atoms with E-state index in [1.54, 1.807) is 12.1 Å². The Balaban J connectivity index is 1.14. The molecule has 2 unspecified atom stereocenters. The predicted molar refractivity (Wildman–Crippen MR) is 155 cm³/mol. The maximum Gasteiger partial charge on any atom is 0.411 e. The minimum absolute atomic E-state index is 0.0485. The molecule has 1 aliphatic rings. The second-order valence-corrected chi connectivity index (χ2v) is 10.8. The molecule has 0 spiro atoms. The number of epoxide rings is 1. The summed E-state index contributed by atoms with van der Waals surface area (Å²) in [5.74, 6) is 0.739. The molecule has 0 aliphatic carbocycles. The number of aliphatic hydroxyl groups is 1. The molecule has 0 saturated carbocycles. The molecule has 12 heteroatoms. The zero-order valence-corrected chi connectivity index (χ0v) is 24.2. The smallest absolute Gasteiger partial charge is 0.411 e. The number of phenols is 1. The largest absolute Gasteiger partial charge is 0.508 e. The zero-order chi connectivity index (χ0) is 33.0. The van der Waals surface area contributed by atoms with Crippen LogP contribution in [0, 0.1) is 0 Å². The van der Waals surface area contributed by atoms with Crippen molar-refractivity contribution in [1.29, 1.82) is 0 Å². The van der Waals surface area contributed by atoms with E-state index >= 15 is 0 Å². The van der Waals surface area contributed by atoms with Gasteiger partial charge in [0.05, 0.1) is 6.61 Å². The molecule has 1 heterocycles. The molecule has 46 heavy (non-hydrogen) atoms. The van der Waals surface area contributed by atoms with Crippen LogP contribution in [0.15, 0.2) is 97.1 Å². The van der Waals surface area contributed by atoms with Crippen LogP contribution in [0.5, 0.6) is 23.0 Å². The Morgan fingerprint density at radius 3 is 1.43 bits per heavy atom. The Morgan fingerprint density at radius 2 is 1.02 bits per heavy atom. The first-order valence-corrected chi connectivity index (χ1v) is 14.2. The molecule has 244 valence electrons. The number of hydrogen-bond donors (Lipinski definition) is 2. The summed E-state index contributed by atoms with van der Waals surface area (Å²) in [6.45, 7) is 0.774. The maximum absolute atomic E-state index is 14.2. The molecular formula is C34H30F6O6. The van der Waals surface area contributed by atoms with Crippen molar-refractivity contribution in [3.05, 3.63) is 119 Å². The highest BCUT2D eigenvalue weighted by molar-refractivity contribution is 5.47. The fraction of sp³-hybridized carbons (Fsp3) is 0.294. The number of aromatic hydroxyl groups is 1. The normalized spacial score (nSPS) is 15.7. The van der Waals surface area contributed by atoms with Crippen LogP contribution in [0.2, 0.25) is 0 Å². The first kappa shape index (κ1) is 33.0. The number of rotatable bonds is 13. The second-order valence-electron chi connectivity index (χ2n) is 10.8. The van der Waals surface area contributed by atoms with E-state index in [1.165, 1.54) is 0 Å². The monoisotopic (exact) mass is 648 g/mol. The summed E-state index contributed by atoms with van der Waals surface area (Å²) in [5.41, 5.74) is -4.40. The lowest BCUT2D eigenvalue weighted by molar-refractivity contribution is -0.288. The van der Waals surface area contributed by atoms with Crippen molar-refractivity contribution < 1.29 is 55.5 Å². The Hall–Kier alpha value is -4.42. The third-order valence-electron chi connectivity index (χ3n) is 7.42. The minimum Gasteiger partial charge on any atom is -0.508 e. The van der Waals surface area contributed by atoms with Crippen molar-refractivity contribution in [2.45, 2.75) is 36.4 Å². The van der Waals surface area contributed by atoms with Gasteiger partial charge in [-0.25, -0.2) is 0 Å². The van der Waals surface area contributed by atoms with Gasteiger partial charge in [0.2, 0.25) is 5.41 Å². The predicted octanol–water partition coefficient (Wildman–Crippen LogP) is 6.99. The van der Waals surface area contributed by atoms with Crippen molar-refractivity contribution in [3.8, 4) is 23.0 Å². The van der Waals surface area contributed by atoms with Crippen LogP contribution >= 0.6 is 0 Å². The van der Waals surface area contributed by atoms with Gasteiger partial charge in [-0.05, 0) is 77.2 Å². The number of alkyl halides is 6. The van der Waals surface area contributed by atoms with Gasteiger partial charge in [0.1, 0.15) is 55.0 Å². The van der Waals surface area contributed by atoms with Crippen molar-refractivity contribution in [1.82, 2.24) is 0 Å². The van der Waals surface area contributed by atoms with Crippen molar-refractivity contribution in [3.63, 3.8) is 0 Å². The van der Waals surface area contributed by atoms with Crippen LogP contribution in [0.25, 0.3) is 0 Å². The number of benzene rings is 4. The van der Waals surface area contributed by atoms with E-state index in [0.29, 0.717) is 43.0 Å². The van der Waals surface area contributed by atoms with Crippen LogP contribution in [-0.2, 0) is 16.6 Å². The van der Waals surface area contributed by atoms with E-state index in [2.05, 4.69) is 0 Å². The Labute approximate surface area is 260 Å². The average Bonchev–Trinajstić information content (AvgIpc) is 3.85. The fourth-order valence-electron chi connectivity index (χ4n) is 4.92. The van der Waals surface area contributed by atoms with Gasteiger partial charge in [0.25, 0.3) is 0 Å². The lowest BCUT2D eigenvalue weighted by atomic mass is 9.73. The third-order valence-corrected chi connectivity index (χ3v) is 7.42. The Kier molecular flexibility index (Phi) is 9.68. The van der Waals surface area contributed by atoms with E-state index in [-0.39, 0.29) is 25.1 Å². The molecule has 2 atom stereocenters. The van der Waals surface area contributed by atoms with E-state index in [1.807, 2.05) is 36.4 Å². The van der Waals surface area contributed by atoms with Crippen LogP contribution in [0.4, 0.5) is 26.3 Å². The molecule has 0 aromatic heterocycles. The van der Waals surface area contributed by atoms with Crippen molar-refractivity contribution >= 4 is 0 Å². The first-order chi connectivity index (χ1) is 21.8. The number of phenolic OH excluding ortho intramolecular Hbond substituents is 1. The molecule has 4 aromatic rings. The second kappa shape index (κ2) is 13.5. The molecule has 4 aromatic carbocycles. The van der Waals surface area contributed by atoms with E-state index < -0.39 is 40.7 Å². The average molecular weight is 649 g/mol. The fourth-order valence-corrected chi connectivity index (χ4v) is 4.92. The lowest BCUT2D eigenvalue weighted by Gasteiger charge is -2.38. The van der Waals surface area contributed by atoms with Gasteiger partial charge in [0.15, 0.2) is 0 Å². The highest BCUT2D eigenvalue weighted by Gasteiger charge is 2.72. The number of ether oxygens (including phenoxy) is 4. The molecule has 0 amide bonds.